The van der Waals surface area contributed by atoms with Gasteiger partial charge in [-0.1, -0.05) is 42.3 Å². The highest BCUT2D eigenvalue weighted by Gasteiger charge is 2.21. The summed E-state index contributed by atoms with van der Waals surface area (Å²) in [6.07, 6.45) is 0.0863. The van der Waals surface area contributed by atoms with Gasteiger partial charge in [-0.3, -0.25) is 4.79 Å². The van der Waals surface area contributed by atoms with Gasteiger partial charge in [0.25, 0.3) is 5.91 Å². The number of aryl methyl sites for hydroxylation is 3. The Balaban J connectivity index is 1.87. The Morgan fingerprint density at radius 3 is 2.31 bits per heavy atom. The molecule has 2 aromatic rings. The van der Waals surface area contributed by atoms with Gasteiger partial charge in [-0.15, -0.1) is 0 Å². The molecule has 0 fully saturated rings. The molecule has 0 saturated carbocycles. The average molecular weight is 355 g/mol. The quantitative estimate of drug-likeness (QED) is 0.766. The van der Waals surface area contributed by atoms with Gasteiger partial charge in [0.2, 0.25) is 0 Å². The number of carbonyl (C=O) groups is 1. The zero-order valence-corrected chi connectivity index (χ0v) is 16.3. The van der Waals surface area contributed by atoms with Crippen LogP contribution in [0.3, 0.4) is 0 Å². The van der Waals surface area contributed by atoms with Gasteiger partial charge in [0.05, 0.1) is 6.04 Å². The van der Waals surface area contributed by atoms with Crippen LogP contribution in [0.2, 0.25) is 0 Å². The Morgan fingerprint density at radius 1 is 1.04 bits per heavy atom. The number of carbonyl (C=O) groups excluding carboxylic acids is 1. The molecule has 2 aromatic carbocycles. The van der Waals surface area contributed by atoms with E-state index in [9.17, 15) is 4.79 Å². The number of rotatable bonds is 8. The maximum atomic E-state index is 12.5. The number of hydrogen-bond donors (Lipinski definition) is 1. The van der Waals surface area contributed by atoms with Crippen LogP contribution in [0.5, 0.6) is 11.5 Å². The number of nitrogens with one attached hydrogen (secondary N) is 1. The minimum Gasteiger partial charge on any atom is -0.491 e. The third-order valence-electron chi connectivity index (χ3n) is 4.17. The number of hydrogen-bond acceptors (Lipinski definition) is 3. The Labute approximate surface area is 156 Å². The van der Waals surface area contributed by atoms with Crippen molar-refractivity contribution in [3.63, 3.8) is 0 Å². The second-order valence-corrected chi connectivity index (χ2v) is 6.82. The molecular formula is C22H29NO3. The van der Waals surface area contributed by atoms with Crippen LogP contribution < -0.4 is 14.8 Å². The van der Waals surface area contributed by atoms with E-state index in [0.29, 0.717) is 13.0 Å². The highest BCUT2D eigenvalue weighted by atomic mass is 16.5. The fourth-order valence-corrected chi connectivity index (χ4v) is 2.64. The van der Waals surface area contributed by atoms with Crippen LogP contribution in [0.1, 0.15) is 37.0 Å². The molecule has 0 unspecified atom stereocenters. The van der Waals surface area contributed by atoms with E-state index in [1.807, 2.05) is 71.0 Å². The molecule has 0 aromatic heterocycles. The molecule has 0 aliphatic heterocycles. The van der Waals surface area contributed by atoms with Crippen molar-refractivity contribution in [3.8, 4) is 11.5 Å². The molecule has 1 N–H and O–H groups in total. The van der Waals surface area contributed by atoms with Crippen LogP contribution in [-0.2, 0) is 4.79 Å². The largest absolute Gasteiger partial charge is 0.491 e. The Bertz CT molecular complexity index is 725. The summed E-state index contributed by atoms with van der Waals surface area (Å²) in [6, 6.07) is 13.7. The summed E-state index contributed by atoms with van der Waals surface area (Å²) in [5.41, 5.74) is 3.40. The lowest BCUT2D eigenvalue weighted by molar-refractivity contribution is -0.129. The highest BCUT2D eigenvalue weighted by molar-refractivity contribution is 5.81. The van der Waals surface area contributed by atoms with Gasteiger partial charge in [-0.05, 0) is 57.9 Å². The van der Waals surface area contributed by atoms with E-state index in [-0.39, 0.29) is 11.9 Å². The average Bonchev–Trinajstić information content (AvgIpc) is 2.60. The van der Waals surface area contributed by atoms with Crippen molar-refractivity contribution in [2.24, 2.45) is 0 Å². The molecule has 4 nitrogen and oxygen atoms in total. The Hall–Kier alpha value is -2.49. The predicted octanol–water partition coefficient (Wildman–Crippen LogP) is 4.35. The van der Waals surface area contributed by atoms with E-state index >= 15 is 0 Å². The lowest BCUT2D eigenvalue weighted by Crippen LogP contribution is -2.44. The van der Waals surface area contributed by atoms with Gasteiger partial charge in [0, 0.05) is 0 Å². The molecule has 4 heteroatoms. The molecule has 0 radical (unpaired) electrons. The van der Waals surface area contributed by atoms with E-state index in [0.717, 1.165) is 17.1 Å². The van der Waals surface area contributed by atoms with Crippen LogP contribution in [0.15, 0.2) is 42.5 Å². The van der Waals surface area contributed by atoms with E-state index in [1.165, 1.54) is 11.1 Å². The molecule has 0 saturated heterocycles. The van der Waals surface area contributed by atoms with Crippen LogP contribution in [0.4, 0.5) is 0 Å². The molecule has 2 atom stereocenters. The molecule has 0 bridgehead atoms. The van der Waals surface area contributed by atoms with Gasteiger partial charge < -0.3 is 14.8 Å². The summed E-state index contributed by atoms with van der Waals surface area (Å²) in [4.78, 5) is 12.5. The van der Waals surface area contributed by atoms with E-state index < -0.39 is 6.10 Å². The normalized spacial score (nSPS) is 13.0. The van der Waals surface area contributed by atoms with Gasteiger partial charge >= 0.3 is 0 Å². The Morgan fingerprint density at radius 2 is 1.69 bits per heavy atom. The summed E-state index contributed by atoms with van der Waals surface area (Å²) < 4.78 is 11.7. The summed E-state index contributed by atoms with van der Waals surface area (Å²) in [6.45, 7) is 10.3. The summed E-state index contributed by atoms with van der Waals surface area (Å²) in [5, 5.41) is 2.97. The maximum absolute atomic E-state index is 12.5. The van der Waals surface area contributed by atoms with E-state index in [2.05, 4.69) is 11.4 Å². The first kappa shape index (κ1) is 19.8. The Kier molecular flexibility index (Phi) is 7.07. The lowest BCUT2D eigenvalue weighted by atomic mass is 10.1. The lowest BCUT2D eigenvalue weighted by Gasteiger charge is -2.21. The standard InChI is InChI=1S/C22H29NO3/c1-6-20(26-21-12-9-16(3)13-17(21)4)22(24)23-18(5)14-25-19-10-7-15(2)8-11-19/h7-13,18,20H,6,14H2,1-5H3,(H,23,24)/t18-,20+/m1/s1. The second-order valence-electron chi connectivity index (χ2n) is 6.82. The minimum absolute atomic E-state index is 0.111. The predicted molar refractivity (Wildman–Crippen MR) is 105 cm³/mol. The molecule has 0 aliphatic rings. The van der Waals surface area contributed by atoms with Crippen LogP contribution >= 0.6 is 0 Å². The zero-order chi connectivity index (χ0) is 19.1. The number of ether oxygens (including phenoxy) is 2. The first-order valence-electron chi connectivity index (χ1n) is 9.12. The highest BCUT2D eigenvalue weighted by Crippen LogP contribution is 2.21. The van der Waals surface area contributed by atoms with Gasteiger partial charge in [-0.2, -0.15) is 0 Å². The molecule has 0 heterocycles. The van der Waals surface area contributed by atoms with Crippen molar-refractivity contribution < 1.29 is 14.3 Å². The van der Waals surface area contributed by atoms with Gasteiger partial charge in [0.1, 0.15) is 18.1 Å². The summed E-state index contributed by atoms with van der Waals surface area (Å²) in [7, 11) is 0. The van der Waals surface area contributed by atoms with Crippen molar-refractivity contribution in [3.05, 3.63) is 59.2 Å². The van der Waals surface area contributed by atoms with Crippen LogP contribution in [-0.4, -0.2) is 24.7 Å². The molecule has 0 aliphatic carbocycles. The maximum Gasteiger partial charge on any atom is 0.261 e. The topological polar surface area (TPSA) is 47.6 Å². The van der Waals surface area contributed by atoms with Crippen molar-refractivity contribution >= 4 is 5.91 Å². The van der Waals surface area contributed by atoms with Gasteiger partial charge in [0.15, 0.2) is 6.10 Å². The first-order chi connectivity index (χ1) is 12.4. The number of benzene rings is 2. The first-order valence-corrected chi connectivity index (χ1v) is 9.12. The summed E-state index contributed by atoms with van der Waals surface area (Å²) >= 11 is 0. The van der Waals surface area contributed by atoms with E-state index in [4.69, 9.17) is 9.47 Å². The monoisotopic (exact) mass is 355 g/mol. The fourth-order valence-electron chi connectivity index (χ4n) is 2.64. The smallest absolute Gasteiger partial charge is 0.261 e. The van der Waals surface area contributed by atoms with Crippen molar-refractivity contribution in [2.75, 3.05) is 6.61 Å². The van der Waals surface area contributed by atoms with Crippen LogP contribution in [0.25, 0.3) is 0 Å². The molecule has 26 heavy (non-hydrogen) atoms. The third-order valence-corrected chi connectivity index (χ3v) is 4.17. The molecule has 1 amide bonds. The fraction of sp³-hybridized carbons (Fsp3) is 0.409. The number of amides is 1. The summed E-state index contributed by atoms with van der Waals surface area (Å²) in [5.74, 6) is 1.43. The van der Waals surface area contributed by atoms with Crippen molar-refractivity contribution in [1.82, 2.24) is 5.32 Å². The van der Waals surface area contributed by atoms with E-state index in [1.54, 1.807) is 0 Å². The molecule has 140 valence electrons. The van der Waals surface area contributed by atoms with Crippen molar-refractivity contribution in [2.45, 2.75) is 53.2 Å². The zero-order valence-electron chi connectivity index (χ0n) is 16.3. The molecular weight excluding hydrogens is 326 g/mol. The second kappa shape index (κ2) is 9.27. The minimum atomic E-state index is -0.516. The SMILES string of the molecule is CC[C@H](Oc1ccc(C)cc1C)C(=O)N[C@H](C)COc1ccc(C)cc1. The third kappa shape index (κ3) is 5.80. The van der Waals surface area contributed by atoms with Crippen LogP contribution in [0, 0.1) is 20.8 Å². The molecule has 0 spiro atoms. The van der Waals surface area contributed by atoms with Gasteiger partial charge in [-0.25, -0.2) is 0 Å². The molecule has 2 rings (SSSR count). The van der Waals surface area contributed by atoms with Crippen molar-refractivity contribution in [1.29, 1.82) is 0 Å².